The van der Waals surface area contributed by atoms with Crippen molar-refractivity contribution in [3.05, 3.63) is 0 Å². The van der Waals surface area contributed by atoms with Gasteiger partial charge < -0.3 is 10.1 Å². The number of carbonyl (C=O) groups excluding carboxylic acids is 2. The Balaban J connectivity index is 4.97. The van der Waals surface area contributed by atoms with Crippen LogP contribution in [0.25, 0.3) is 0 Å². The van der Waals surface area contributed by atoms with E-state index in [2.05, 4.69) is 5.32 Å². The van der Waals surface area contributed by atoms with Crippen molar-refractivity contribution in [2.24, 2.45) is 11.8 Å². The van der Waals surface area contributed by atoms with E-state index < -0.39 is 33.0 Å². The third-order valence-corrected chi connectivity index (χ3v) is 5.07. The van der Waals surface area contributed by atoms with Gasteiger partial charge in [-0.15, -0.1) is 0 Å². The van der Waals surface area contributed by atoms with Gasteiger partial charge in [0.1, 0.15) is 11.3 Å². The summed E-state index contributed by atoms with van der Waals surface area (Å²) in [4.78, 5) is 24.0. The van der Waals surface area contributed by atoms with Gasteiger partial charge in [0, 0.05) is 0 Å². The standard InChI is InChI=1S/C14H27NO5S/c1-7-20-13(17)14(6,11(4)5)15-12(16)9-21(18,19)8-10(2)3/h10-11H,7-9H2,1-6H3,(H,15,16)/t14-/m0/s1. The topological polar surface area (TPSA) is 89.5 Å². The minimum atomic E-state index is -3.48. The van der Waals surface area contributed by atoms with Crippen LogP contribution in [0.5, 0.6) is 0 Å². The lowest BCUT2D eigenvalue weighted by Crippen LogP contribution is -2.57. The smallest absolute Gasteiger partial charge is 0.331 e. The number of amides is 1. The van der Waals surface area contributed by atoms with Crippen molar-refractivity contribution in [3.8, 4) is 0 Å². The first-order valence-electron chi connectivity index (χ1n) is 7.13. The van der Waals surface area contributed by atoms with Crippen molar-refractivity contribution in [3.63, 3.8) is 0 Å². The minimum Gasteiger partial charge on any atom is -0.464 e. The van der Waals surface area contributed by atoms with E-state index in [9.17, 15) is 18.0 Å². The molecule has 0 heterocycles. The molecule has 0 unspecified atom stereocenters. The molecule has 0 saturated heterocycles. The molecule has 21 heavy (non-hydrogen) atoms. The maximum Gasteiger partial charge on any atom is 0.331 e. The van der Waals surface area contributed by atoms with E-state index in [1.54, 1.807) is 41.5 Å². The maximum absolute atomic E-state index is 12.0. The first kappa shape index (κ1) is 19.9. The molecular formula is C14H27NO5S. The molecule has 0 saturated carbocycles. The summed E-state index contributed by atoms with van der Waals surface area (Å²) in [6.45, 7) is 10.5. The predicted molar refractivity (Wildman–Crippen MR) is 81.5 cm³/mol. The Morgan fingerprint density at radius 1 is 1.19 bits per heavy atom. The summed E-state index contributed by atoms with van der Waals surface area (Å²) in [6.07, 6.45) is 0. The average molecular weight is 321 g/mol. The van der Waals surface area contributed by atoms with Crippen LogP contribution >= 0.6 is 0 Å². The van der Waals surface area contributed by atoms with Gasteiger partial charge in [0.15, 0.2) is 9.84 Å². The monoisotopic (exact) mass is 321 g/mol. The van der Waals surface area contributed by atoms with E-state index in [1.807, 2.05) is 0 Å². The molecule has 0 spiro atoms. The third-order valence-electron chi connectivity index (χ3n) is 3.19. The molecule has 0 aliphatic heterocycles. The Bertz CT molecular complexity index is 470. The van der Waals surface area contributed by atoms with Gasteiger partial charge in [0.2, 0.25) is 5.91 Å². The first-order chi connectivity index (χ1) is 9.44. The summed E-state index contributed by atoms with van der Waals surface area (Å²) in [5.74, 6) is -2.20. The number of nitrogens with one attached hydrogen (secondary N) is 1. The highest BCUT2D eigenvalue weighted by Crippen LogP contribution is 2.18. The van der Waals surface area contributed by atoms with Gasteiger partial charge in [-0.1, -0.05) is 27.7 Å². The molecule has 0 aliphatic carbocycles. The van der Waals surface area contributed by atoms with E-state index in [0.717, 1.165) is 0 Å². The molecule has 0 aromatic heterocycles. The number of hydrogen-bond donors (Lipinski definition) is 1. The van der Waals surface area contributed by atoms with Crippen molar-refractivity contribution >= 4 is 21.7 Å². The normalized spacial score (nSPS) is 14.9. The van der Waals surface area contributed by atoms with Crippen molar-refractivity contribution < 1.29 is 22.7 Å². The molecule has 1 amide bonds. The second kappa shape index (κ2) is 7.77. The Morgan fingerprint density at radius 2 is 1.71 bits per heavy atom. The number of esters is 1. The highest BCUT2D eigenvalue weighted by molar-refractivity contribution is 7.92. The van der Waals surface area contributed by atoms with E-state index in [0.29, 0.717) is 0 Å². The van der Waals surface area contributed by atoms with Gasteiger partial charge in [-0.05, 0) is 25.7 Å². The summed E-state index contributed by atoms with van der Waals surface area (Å²) in [7, 11) is -3.48. The molecule has 124 valence electrons. The number of rotatable bonds is 8. The van der Waals surface area contributed by atoms with Gasteiger partial charge in [0.05, 0.1) is 12.4 Å². The fourth-order valence-corrected chi connectivity index (χ4v) is 3.41. The number of carbonyl (C=O) groups is 2. The zero-order valence-corrected chi connectivity index (χ0v) is 14.5. The molecule has 0 aliphatic rings. The largest absolute Gasteiger partial charge is 0.464 e. The van der Waals surface area contributed by atoms with E-state index in [4.69, 9.17) is 4.74 Å². The van der Waals surface area contributed by atoms with Crippen LogP contribution in [0.3, 0.4) is 0 Å². The Labute approximate surface area is 127 Å². The molecule has 7 heteroatoms. The van der Waals surface area contributed by atoms with Crippen molar-refractivity contribution in [2.75, 3.05) is 18.1 Å². The Morgan fingerprint density at radius 3 is 2.10 bits per heavy atom. The van der Waals surface area contributed by atoms with Crippen LogP contribution in [-0.2, 0) is 24.2 Å². The summed E-state index contributed by atoms with van der Waals surface area (Å²) in [5, 5.41) is 2.51. The fraction of sp³-hybridized carbons (Fsp3) is 0.857. The van der Waals surface area contributed by atoms with Gasteiger partial charge in [-0.3, -0.25) is 4.79 Å². The predicted octanol–water partition coefficient (Wildman–Crippen LogP) is 1.15. The van der Waals surface area contributed by atoms with Crippen LogP contribution < -0.4 is 5.32 Å². The van der Waals surface area contributed by atoms with Crippen molar-refractivity contribution in [2.45, 2.75) is 47.1 Å². The molecule has 0 aromatic rings. The molecule has 0 radical (unpaired) electrons. The third kappa shape index (κ3) is 6.46. The second-order valence-corrected chi connectivity index (χ2v) is 8.18. The molecule has 6 nitrogen and oxygen atoms in total. The second-order valence-electron chi connectivity index (χ2n) is 6.07. The van der Waals surface area contributed by atoms with Gasteiger partial charge in [0.25, 0.3) is 0 Å². The molecule has 1 atom stereocenters. The zero-order valence-electron chi connectivity index (χ0n) is 13.7. The molecular weight excluding hydrogens is 294 g/mol. The number of ether oxygens (including phenoxy) is 1. The fourth-order valence-electron chi connectivity index (χ4n) is 1.80. The van der Waals surface area contributed by atoms with Crippen molar-refractivity contribution in [1.82, 2.24) is 5.32 Å². The highest BCUT2D eigenvalue weighted by atomic mass is 32.2. The SMILES string of the molecule is CCOC(=O)[C@@](C)(NC(=O)CS(=O)(=O)CC(C)C)C(C)C. The Hall–Kier alpha value is -1.11. The molecule has 0 aromatic carbocycles. The molecule has 0 rings (SSSR count). The van der Waals surface area contributed by atoms with Crippen LogP contribution in [0.4, 0.5) is 0 Å². The highest BCUT2D eigenvalue weighted by Gasteiger charge is 2.40. The lowest BCUT2D eigenvalue weighted by atomic mass is 9.88. The maximum atomic E-state index is 12.0. The van der Waals surface area contributed by atoms with E-state index >= 15 is 0 Å². The van der Waals surface area contributed by atoms with Crippen LogP contribution in [0.2, 0.25) is 0 Å². The number of sulfone groups is 1. The van der Waals surface area contributed by atoms with Crippen LogP contribution in [0.1, 0.15) is 41.5 Å². The number of hydrogen-bond acceptors (Lipinski definition) is 5. The average Bonchev–Trinajstić information content (AvgIpc) is 2.25. The van der Waals surface area contributed by atoms with Crippen LogP contribution in [-0.4, -0.2) is 43.9 Å². The lowest BCUT2D eigenvalue weighted by molar-refractivity contribution is -0.154. The molecule has 1 N–H and O–H groups in total. The van der Waals surface area contributed by atoms with Crippen LogP contribution in [0.15, 0.2) is 0 Å². The van der Waals surface area contributed by atoms with E-state index in [-0.39, 0.29) is 24.2 Å². The summed E-state index contributed by atoms with van der Waals surface area (Å²) in [6, 6.07) is 0. The first-order valence-corrected chi connectivity index (χ1v) is 8.95. The summed E-state index contributed by atoms with van der Waals surface area (Å²) < 4.78 is 28.6. The Kier molecular flexibility index (Phi) is 7.36. The zero-order chi connectivity index (χ0) is 16.8. The molecule has 0 bridgehead atoms. The lowest BCUT2D eigenvalue weighted by Gasteiger charge is -2.32. The summed E-state index contributed by atoms with van der Waals surface area (Å²) in [5.41, 5.74) is -1.24. The van der Waals surface area contributed by atoms with Gasteiger partial charge >= 0.3 is 5.97 Å². The van der Waals surface area contributed by atoms with Gasteiger partial charge in [-0.2, -0.15) is 0 Å². The molecule has 0 fully saturated rings. The quantitative estimate of drug-likeness (QED) is 0.677. The van der Waals surface area contributed by atoms with Crippen LogP contribution in [0, 0.1) is 11.8 Å². The summed E-state index contributed by atoms with van der Waals surface area (Å²) >= 11 is 0. The minimum absolute atomic E-state index is 0.0515. The van der Waals surface area contributed by atoms with Crippen molar-refractivity contribution in [1.29, 1.82) is 0 Å². The van der Waals surface area contributed by atoms with E-state index in [1.165, 1.54) is 0 Å². The van der Waals surface area contributed by atoms with Gasteiger partial charge in [-0.25, -0.2) is 13.2 Å².